The number of hydrogen-bond donors (Lipinski definition) is 2. The first-order valence-electron chi connectivity index (χ1n) is 5.46. The quantitative estimate of drug-likeness (QED) is 0.794. The summed E-state index contributed by atoms with van der Waals surface area (Å²) in [5, 5.41) is 6.04. The zero-order valence-electron chi connectivity index (χ0n) is 9.53. The van der Waals surface area contributed by atoms with Gasteiger partial charge in [-0.05, 0) is 38.2 Å². The molecule has 6 heteroatoms. The summed E-state index contributed by atoms with van der Waals surface area (Å²) in [5.74, 6) is -0.367. The average molecular weight is 258 g/mol. The summed E-state index contributed by atoms with van der Waals surface area (Å²) in [6.45, 7) is 0.720. The molecule has 1 aliphatic heterocycles. The first-order valence-corrected chi connectivity index (χ1v) is 7.11. The fourth-order valence-electron chi connectivity index (χ4n) is 1.98. The van der Waals surface area contributed by atoms with E-state index in [1.165, 1.54) is 18.2 Å². The summed E-state index contributed by atoms with van der Waals surface area (Å²) >= 11 is 0. The molecule has 1 aromatic rings. The summed E-state index contributed by atoms with van der Waals surface area (Å²) in [6, 6.07) is 3.56. The van der Waals surface area contributed by atoms with E-state index < -0.39 is 15.7 Å². The van der Waals surface area contributed by atoms with E-state index in [0.717, 1.165) is 6.54 Å². The molecule has 0 fully saturated rings. The summed E-state index contributed by atoms with van der Waals surface area (Å²) in [5.41, 5.74) is 0.373. The van der Waals surface area contributed by atoms with Crippen molar-refractivity contribution < 1.29 is 12.8 Å². The van der Waals surface area contributed by atoms with Crippen molar-refractivity contribution in [2.45, 2.75) is 17.4 Å². The first kappa shape index (κ1) is 12.3. The van der Waals surface area contributed by atoms with Gasteiger partial charge in [-0.3, -0.25) is 0 Å². The maximum Gasteiger partial charge on any atom is 0.182 e. The number of hydrogen-bond acceptors (Lipinski definition) is 4. The Morgan fingerprint density at radius 3 is 3.00 bits per heavy atom. The summed E-state index contributed by atoms with van der Waals surface area (Å²) in [7, 11) is -1.48. The Labute approximate surface area is 100 Å². The molecule has 0 aromatic heterocycles. The number of sulfone groups is 1. The van der Waals surface area contributed by atoms with Gasteiger partial charge in [0.15, 0.2) is 9.84 Å². The number of halogens is 1. The van der Waals surface area contributed by atoms with Gasteiger partial charge in [0.25, 0.3) is 0 Å². The van der Waals surface area contributed by atoms with Crippen molar-refractivity contribution in [2.75, 3.05) is 24.7 Å². The van der Waals surface area contributed by atoms with E-state index >= 15 is 0 Å². The van der Waals surface area contributed by atoms with E-state index in [0.29, 0.717) is 12.1 Å². The largest absolute Gasteiger partial charge is 0.380 e. The van der Waals surface area contributed by atoms with Gasteiger partial charge in [-0.25, -0.2) is 12.8 Å². The molecule has 0 saturated heterocycles. The molecular formula is C11H15FN2O2S. The zero-order chi connectivity index (χ0) is 12.5. The monoisotopic (exact) mass is 258 g/mol. The van der Waals surface area contributed by atoms with Crippen LogP contribution in [0, 0.1) is 5.82 Å². The van der Waals surface area contributed by atoms with Crippen LogP contribution in [0.5, 0.6) is 0 Å². The van der Waals surface area contributed by atoms with Crippen LogP contribution >= 0.6 is 0 Å². The van der Waals surface area contributed by atoms with Crippen LogP contribution in [0.3, 0.4) is 0 Å². The molecule has 0 bridgehead atoms. The molecule has 0 radical (unpaired) electrons. The fraction of sp³-hybridized carbons (Fsp3) is 0.455. The summed E-state index contributed by atoms with van der Waals surface area (Å²) in [4.78, 5) is 0.194. The van der Waals surface area contributed by atoms with Crippen molar-refractivity contribution in [3.8, 4) is 0 Å². The first-order chi connectivity index (χ1) is 8.03. The van der Waals surface area contributed by atoms with Crippen LogP contribution in [-0.4, -0.2) is 33.8 Å². The minimum atomic E-state index is -3.30. The lowest BCUT2D eigenvalue weighted by Gasteiger charge is -2.26. The van der Waals surface area contributed by atoms with Crippen LogP contribution in [-0.2, 0) is 9.84 Å². The lowest BCUT2D eigenvalue weighted by atomic mass is 10.2. The minimum absolute atomic E-state index is 0.0628. The third kappa shape index (κ3) is 2.58. The molecule has 0 saturated carbocycles. The van der Waals surface area contributed by atoms with Crippen LogP contribution < -0.4 is 10.6 Å². The van der Waals surface area contributed by atoms with Crippen LogP contribution in [0.15, 0.2) is 23.1 Å². The summed E-state index contributed by atoms with van der Waals surface area (Å²) < 4.78 is 37.0. The van der Waals surface area contributed by atoms with Crippen LogP contribution in [0.2, 0.25) is 0 Å². The Kier molecular flexibility index (Phi) is 3.35. The molecule has 1 aliphatic rings. The molecular weight excluding hydrogens is 243 g/mol. The minimum Gasteiger partial charge on any atom is -0.380 e. The molecule has 2 rings (SSSR count). The van der Waals surface area contributed by atoms with Crippen molar-refractivity contribution in [3.63, 3.8) is 0 Å². The van der Waals surface area contributed by atoms with Crippen molar-refractivity contribution in [1.29, 1.82) is 0 Å². The number of benzene rings is 1. The van der Waals surface area contributed by atoms with Crippen molar-refractivity contribution >= 4 is 15.5 Å². The molecule has 17 heavy (non-hydrogen) atoms. The molecule has 0 spiro atoms. The van der Waals surface area contributed by atoms with Gasteiger partial charge in [0.2, 0.25) is 0 Å². The fourth-order valence-corrected chi connectivity index (χ4v) is 3.66. The van der Waals surface area contributed by atoms with Gasteiger partial charge in [0, 0.05) is 6.04 Å². The van der Waals surface area contributed by atoms with E-state index in [9.17, 15) is 12.8 Å². The van der Waals surface area contributed by atoms with E-state index in [4.69, 9.17) is 0 Å². The van der Waals surface area contributed by atoms with Crippen molar-refractivity contribution in [2.24, 2.45) is 0 Å². The summed E-state index contributed by atoms with van der Waals surface area (Å²) in [6.07, 6.45) is 0.686. The molecule has 94 valence electrons. The normalized spacial score (nSPS) is 21.6. The Bertz CT molecular complexity index is 516. The highest BCUT2D eigenvalue weighted by Crippen LogP contribution is 2.29. The smallest absolute Gasteiger partial charge is 0.182 e. The predicted molar refractivity (Wildman–Crippen MR) is 64.4 cm³/mol. The van der Waals surface area contributed by atoms with Gasteiger partial charge in [0.1, 0.15) is 5.82 Å². The SMILES string of the molecule is CNCCC1CS(=O)(=O)c2ccc(F)cc2N1. The van der Waals surface area contributed by atoms with Crippen LogP contribution in [0.25, 0.3) is 0 Å². The highest BCUT2D eigenvalue weighted by atomic mass is 32.2. The third-order valence-corrected chi connectivity index (χ3v) is 4.67. The lowest BCUT2D eigenvalue weighted by molar-refractivity contribution is 0.573. The molecule has 2 N–H and O–H groups in total. The second-order valence-electron chi connectivity index (χ2n) is 4.16. The van der Waals surface area contributed by atoms with Gasteiger partial charge in [-0.1, -0.05) is 0 Å². The maximum atomic E-state index is 13.1. The van der Waals surface area contributed by atoms with Gasteiger partial charge >= 0.3 is 0 Å². The van der Waals surface area contributed by atoms with E-state index in [2.05, 4.69) is 10.6 Å². The highest BCUT2D eigenvalue weighted by Gasteiger charge is 2.29. The molecule has 0 aliphatic carbocycles. The lowest BCUT2D eigenvalue weighted by Crippen LogP contribution is -2.36. The molecule has 1 atom stereocenters. The Morgan fingerprint density at radius 2 is 2.29 bits per heavy atom. The van der Waals surface area contributed by atoms with Crippen molar-refractivity contribution in [1.82, 2.24) is 5.32 Å². The van der Waals surface area contributed by atoms with Gasteiger partial charge in [-0.15, -0.1) is 0 Å². The van der Waals surface area contributed by atoms with Gasteiger partial charge in [0.05, 0.1) is 16.3 Å². The Morgan fingerprint density at radius 1 is 1.53 bits per heavy atom. The number of nitrogens with one attached hydrogen (secondary N) is 2. The Balaban J connectivity index is 2.32. The van der Waals surface area contributed by atoms with E-state index in [1.807, 2.05) is 7.05 Å². The standard InChI is InChI=1S/C11H15FN2O2S/c1-13-5-4-9-7-17(15,16)11-3-2-8(12)6-10(11)14-9/h2-3,6,9,13-14H,4-5,7H2,1H3. The predicted octanol–water partition coefficient (Wildman–Crippen LogP) is 1.00. The van der Waals surface area contributed by atoms with E-state index in [1.54, 1.807) is 0 Å². The van der Waals surface area contributed by atoms with Crippen LogP contribution in [0.4, 0.5) is 10.1 Å². The number of rotatable bonds is 3. The van der Waals surface area contributed by atoms with Crippen molar-refractivity contribution in [3.05, 3.63) is 24.0 Å². The Hall–Kier alpha value is -1.14. The highest BCUT2D eigenvalue weighted by molar-refractivity contribution is 7.91. The topological polar surface area (TPSA) is 58.2 Å². The zero-order valence-corrected chi connectivity index (χ0v) is 10.3. The second kappa shape index (κ2) is 4.62. The van der Waals surface area contributed by atoms with Crippen LogP contribution in [0.1, 0.15) is 6.42 Å². The molecule has 4 nitrogen and oxygen atoms in total. The molecule has 0 amide bonds. The van der Waals surface area contributed by atoms with Gasteiger partial charge < -0.3 is 10.6 Å². The number of fused-ring (bicyclic) bond motifs is 1. The molecule has 1 unspecified atom stereocenters. The second-order valence-corrected chi connectivity index (χ2v) is 6.16. The van der Waals surface area contributed by atoms with E-state index in [-0.39, 0.29) is 16.7 Å². The molecule has 1 aromatic carbocycles. The molecule has 1 heterocycles. The average Bonchev–Trinajstić information content (AvgIpc) is 2.24. The maximum absolute atomic E-state index is 13.1. The third-order valence-electron chi connectivity index (χ3n) is 2.80. The number of anilines is 1. The van der Waals surface area contributed by atoms with Gasteiger partial charge in [-0.2, -0.15) is 0 Å².